The lowest BCUT2D eigenvalue weighted by molar-refractivity contribution is 0.457. The summed E-state index contributed by atoms with van der Waals surface area (Å²) in [4.78, 5) is 4.18. The molecule has 21 heavy (non-hydrogen) atoms. The molecular weight excluding hydrogens is 359 g/mol. The number of nitrogens with zero attached hydrogens (tertiary/aromatic N) is 1. The van der Waals surface area contributed by atoms with Gasteiger partial charge in [-0.25, -0.2) is 9.37 Å². The lowest BCUT2D eigenvalue weighted by Crippen LogP contribution is -2.13. The summed E-state index contributed by atoms with van der Waals surface area (Å²) in [5.74, 6) is 0.212. The van der Waals surface area contributed by atoms with E-state index in [-0.39, 0.29) is 5.88 Å². The average Bonchev–Trinajstić information content (AvgIpc) is 2.46. The third kappa shape index (κ3) is 4.66. The van der Waals surface area contributed by atoms with E-state index >= 15 is 0 Å². The van der Waals surface area contributed by atoms with E-state index in [1.54, 1.807) is 24.4 Å². The van der Waals surface area contributed by atoms with Crippen molar-refractivity contribution in [3.8, 4) is 11.6 Å². The Balaban J connectivity index is 2.08. The van der Waals surface area contributed by atoms with Gasteiger partial charge in [-0.2, -0.15) is 0 Å². The van der Waals surface area contributed by atoms with Crippen LogP contribution in [0, 0.1) is 5.82 Å². The van der Waals surface area contributed by atoms with E-state index in [0.717, 1.165) is 18.5 Å². The van der Waals surface area contributed by atoms with Gasteiger partial charge < -0.3 is 10.1 Å². The number of aromatic nitrogens is 1. The fourth-order valence-electron chi connectivity index (χ4n) is 1.70. The number of pyridine rings is 1. The maximum Gasteiger partial charge on any atom is 0.238 e. The van der Waals surface area contributed by atoms with Crippen molar-refractivity contribution in [1.29, 1.82) is 0 Å². The fraction of sp³-hybridized carbons (Fsp3) is 0.267. The van der Waals surface area contributed by atoms with Crippen molar-refractivity contribution >= 4 is 27.5 Å². The van der Waals surface area contributed by atoms with Gasteiger partial charge in [-0.05, 0) is 52.7 Å². The number of hydrogen-bond acceptors (Lipinski definition) is 3. The van der Waals surface area contributed by atoms with E-state index in [1.165, 1.54) is 6.07 Å². The van der Waals surface area contributed by atoms with E-state index < -0.39 is 5.82 Å². The van der Waals surface area contributed by atoms with Gasteiger partial charge in [-0.15, -0.1) is 0 Å². The topological polar surface area (TPSA) is 34.2 Å². The smallest absolute Gasteiger partial charge is 0.238 e. The molecule has 0 unspecified atom stereocenters. The van der Waals surface area contributed by atoms with Gasteiger partial charge in [0.2, 0.25) is 5.88 Å². The van der Waals surface area contributed by atoms with Crippen LogP contribution in [0.3, 0.4) is 0 Å². The standard InChI is InChI=1S/C15H15BrClFN2O/c1-2-5-19-8-10-6-13(17)15(20-9-10)21-11-3-4-12(16)14(18)7-11/h3-4,6-7,9,19H,2,5,8H2,1H3. The minimum Gasteiger partial charge on any atom is -0.437 e. The molecule has 112 valence electrons. The highest BCUT2D eigenvalue weighted by Crippen LogP contribution is 2.29. The van der Waals surface area contributed by atoms with Crippen LogP contribution >= 0.6 is 27.5 Å². The minimum atomic E-state index is -0.399. The van der Waals surface area contributed by atoms with Gasteiger partial charge in [0.25, 0.3) is 0 Å². The summed E-state index contributed by atoms with van der Waals surface area (Å²) >= 11 is 9.23. The Morgan fingerprint density at radius 2 is 2.19 bits per heavy atom. The van der Waals surface area contributed by atoms with Gasteiger partial charge in [0.1, 0.15) is 16.6 Å². The molecule has 2 aromatic rings. The van der Waals surface area contributed by atoms with Crippen molar-refractivity contribution in [2.75, 3.05) is 6.54 Å². The predicted octanol–water partition coefficient (Wildman–Crippen LogP) is 4.93. The SMILES string of the molecule is CCCNCc1cnc(Oc2ccc(Br)c(F)c2)c(Cl)c1. The highest BCUT2D eigenvalue weighted by Gasteiger charge is 2.08. The maximum absolute atomic E-state index is 13.4. The Labute approximate surface area is 136 Å². The first-order chi connectivity index (χ1) is 10.1. The zero-order chi connectivity index (χ0) is 15.2. The van der Waals surface area contributed by atoms with Gasteiger partial charge in [0, 0.05) is 18.8 Å². The normalized spacial score (nSPS) is 10.7. The van der Waals surface area contributed by atoms with Crippen LogP contribution in [-0.4, -0.2) is 11.5 Å². The summed E-state index contributed by atoms with van der Waals surface area (Å²) in [5, 5.41) is 3.66. The summed E-state index contributed by atoms with van der Waals surface area (Å²) in [6, 6.07) is 6.28. The highest BCUT2D eigenvalue weighted by atomic mass is 79.9. The molecule has 0 atom stereocenters. The van der Waals surface area contributed by atoms with Crippen LogP contribution in [0.4, 0.5) is 4.39 Å². The fourth-order valence-corrected chi connectivity index (χ4v) is 2.17. The number of nitrogens with one attached hydrogen (secondary N) is 1. The molecule has 0 aliphatic heterocycles. The molecule has 1 N–H and O–H groups in total. The third-order valence-electron chi connectivity index (χ3n) is 2.73. The molecule has 0 radical (unpaired) electrons. The van der Waals surface area contributed by atoms with Crippen LogP contribution < -0.4 is 10.1 Å². The van der Waals surface area contributed by atoms with Crippen LogP contribution in [-0.2, 0) is 6.54 Å². The lowest BCUT2D eigenvalue weighted by atomic mass is 10.3. The zero-order valence-corrected chi connectivity index (χ0v) is 13.8. The van der Waals surface area contributed by atoms with E-state index in [4.69, 9.17) is 16.3 Å². The molecule has 3 nitrogen and oxygen atoms in total. The molecule has 6 heteroatoms. The Kier molecular flexibility index (Phi) is 5.96. The summed E-state index contributed by atoms with van der Waals surface area (Å²) in [6.07, 6.45) is 2.76. The van der Waals surface area contributed by atoms with Crippen LogP contribution in [0.25, 0.3) is 0 Å². The molecule has 0 amide bonds. The molecule has 0 aliphatic carbocycles. The van der Waals surface area contributed by atoms with Crippen molar-refractivity contribution in [2.24, 2.45) is 0 Å². The Morgan fingerprint density at radius 3 is 2.86 bits per heavy atom. The zero-order valence-electron chi connectivity index (χ0n) is 11.5. The van der Waals surface area contributed by atoms with Gasteiger partial charge in [0.15, 0.2) is 0 Å². The molecule has 1 aromatic carbocycles. The molecule has 0 bridgehead atoms. The monoisotopic (exact) mass is 372 g/mol. The number of hydrogen-bond donors (Lipinski definition) is 1. The first kappa shape index (κ1) is 16.2. The second-order valence-corrected chi connectivity index (χ2v) is 5.75. The molecule has 0 saturated carbocycles. The second kappa shape index (κ2) is 7.73. The van der Waals surface area contributed by atoms with Crippen LogP contribution in [0.2, 0.25) is 5.02 Å². The minimum absolute atomic E-state index is 0.262. The van der Waals surface area contributed by atoms with Crippen molar-refractivity contribution in [3.63, 3.8) is 0 Å². The van der Waals surface area contributed by atoms with Gasteiger partial charge >= 0.3 is 0 Å². The van der Waals surface area contributed by atoms with Crippen LogP contribution in [0.1, 0.15) is 18.9 Å². The number of ether oxygens (including phenoxy) is 1. The summed E-state index contributed by atoms with van der Waals surface area (Å²) < 4.78 is 19.3. The molecule has 0 aliphatic rings. The van der Waals surface area contributed by atoms with Gasteiger partial charge in [-0.3, -0.25) is 0 Å². The molecule has 2 rings (SSSR count). The number of benzene rings is 1. The van der Waals surface area contributed by atoms with Gasteiger partial charge in [0.05, 0.1) is 4.47 Å². The summed E-state index contributed by atoms with van der Waals surface area (Å²) in [5.41, 5.74) is 0.975. The molecular formula is C15H15BrClFN2O. The predicted molar refractivity (Wildman–Crippen MR) is 85.4 cm³/mol. The Hall–Kier alpha value is -1.17. The van der Waals surface area contributed by atoms with Gasteiger partial charge in [-0.1, -0.05) is 18.5 Å². The molecule has 0 fully saturated rings. The quantitative estimate of drug-likeness (QED) is 0.729. The molecule has 0 spiro atoms. The molecule has 1 heterocycles. The lowest BCUT2D eigenvalue weighted by Gasteiger charge is -2.09. The van der Waals surface area contributed by atoms with Crippen molar-refractivity contribution in [1.82, 2.24) is 10.3 Å². The van der Waals surface area contributed by atoms with E-state index in [0.29, 0.717) is 21.8 Å². The number of rotatable bonds is 6. The Morgan fingerprint density at radius 1 is 1.38 bits per heavy atom. The van der Waals surface area contributed by atoms with Crippen molar-refractivity contribution in [3.05, 3.63) is 51.3 Å². The van der Waals surface area contributed by atoms with Crippen LogP contribution in [0.5, 0.6) is 11.6 Å². The summed E-state index contributed by atoms with van der Waals surface area (Å²) in [6.45, 7) is 3.74. The third-order valence-corrected chi connectivity index (χ3v) is 3.64. The second-order valence-electron chi connectivity index (χ2n) is 4.49. The number of halogens is 3. The van der Waals surface area contributed by atoms with Crippen molar-refractivity contribution < 1.29 is 9.13 Å². The van der Waals surface area contributed by atoms with Crippen LogP contribution in [0.15, 0.2) is 34.9 Å². The largest absolute Gasteiger partial charge is 0.437 e. The van der Waals surface area contributed by atoms with E-state index in [1.807, 2.05) is 0 Å². The summed E-state index contributed by atoms with van der Waals surface area (Å²) in [7, 11) is 0. The average molecular weight is 374 g/mol. The molecule has 1 aromatic heterocycles. The molecule has 0 saturated heterocycles. The first-order valence-electron chi connectivity index (χ1n) is 6.58. The highest BCUT2D eigenvalue weighted by molar-refractivity contribution is 9.10. The van der Waals surface area contributed by atoms with E-state index in [2.05, 4.69) is 33.2 Å². The van der Waals surface area contributed by atoms with E-state index in [9.17, 15) is 4.39 Å². The Bertz CT molecular complexity index is 625. The first-order valence-corrected chi connectivity index (χ1v) is 7.75. The van der Waals surface area contributed by atoms with Crippen molar-refractivity contribution in [2.45, 2.75) is 19.9 Å². The maximum atomic E-state index is 13.4.